The largest absolute Gasteiger partial charge is 0.444 e. The van der Waals surface area contributed by atoms with Crippen LogP contribution in [0, 0.1) is 0 Å². The molecule has 3 aliphatic rings. The van der Waals surface area contributed by atoms with Crippen LogP contribution in [0.3, 0.4) is 0 Å². The number of hydrogen-bond acceptors (Lipinski definition) is 7. The number of ketones is 1. The summed E-state index contributed by atoms with van der Waals surface area (Å²) >= 11 is 0. The first-order chi connectivity index (χ1) is 19.9. The van der Waals surface area contributed by atoms with Gasteiger partial charge in [0.1, 0.15) is 11.6 Å². The number of carbonyl (C=O) groups is 5. The number of imide groups is 1. The minimum absolute atomic E-state index is 0.151. The zero-order chi connectivity index (χ0) is 30.0. The maximum Gasteiger partial charge on any atom is 0.410 e. The molecule has 218 valence electrons. The van der Waals surface area contributed by atoms with Gasteiger partial charge in [0.15, 0.2) is 5.78 Å². The lowest BCUT2D eigenvalue weighted by atomic mass is 9.90. The number of nitrogens with one attached hydrogen (secondary N) is 1. The maximum atomic E-state index is 13.8. The third-order valence-corrected chi connectivity index (χ3v) is 8.38. The molecule has 1 N–H and O–H groups in total. The molecular weight excluding hydrogens is 538 g/mol. The number of ether oxygens (including phenoxy) is 1. The van der Waals surface area contributed by atoms with Crippen LogP contribution in [0.4, 0.5) is 10.5 Å². The Morgan fingerprint density at radius 3 is 2.50 bits per heavy atom. The number of anilines is 1. The number of piperidine rings is 2. The Hall–Kier alpha value is -4.54. The van der Waals surface area contributed by atoms with Gasteiger partial charge < -0.3 is 9.64 Å². The van der Waals surface area contributed by atoms with E-state index >= 15 is 0 Å². The first-order valence-corrected chi connectivity index (χ1v) is 14.2. The van der Waals surface area contributed by atoms with Gasteiger partial charge in [-0.25, -0.2) is 4.79 Å². The van der Waals surface area contributed by atoms with Gasteiger partial charge in [0, 0.05) is 42.2 Å². The molecule has 11 nitrogen and oxygen atoms in total. The van der Waals surface area contributed by atoms with Crippen molar-refractivity contribution in [2.75, 3.05) is 18.0 Å². The number of rotatable bonds is 4. The van der Waals surface area contributed by atoms with E-state index in [1.54, 1.807) is 52.3 Å². The average molecular weight is 572 g/mol. The maximum absolute atomic E-state index is 13.8. The number of nitrogens with zero attached hydrogens (tertiary/aromatic N) is 4. The SMILES string of the molecule is CC(C)(C)OC(=O)N1CCC(C)(n2cc(C(=O)c3ccc4c5c(cccc35)C(=O)N4C3CCC(=O)NC3=O)cn2)CC1. The van der Waals surface area contributed by atoms with Crippen LogP contribution in [-0.2, 0) is 19.9 Å². The van der Waals surface area contributed by atoms with Gasteiger partial charge in [-0.15, -0.1) is 0 Å². The van der Waals surface area contributed by atoms with Gasteiger partial charge in [-0.3, -0.25) is 34.1 Å². The normalized spacial score (nSPS) is 20.2. The summed E-state index contributed by atoms with van der Waals surface area (Å²) in [6.45, 7) is 8.62. The van der Waals surface area contributed by atoms with Gasteiger partial charge in [0.05, 0.1) is 23.0 Å². The number of hydrogen-bond donors (Lipinski definition) is 1. The number of aromatic nitrogens is 2. The second-order valence-corrected chi connectivity index (χ2v) is 12.5. The van der Waals surface area contributed by atoms with Gasteiger partial charge >= 0.3 is 6.09 Å². The topological polar surface area (TPSA) is 131 Å². The molecule has 1 unspecified atom stereocenters. The molecule has 42 heavy (non-hydrogen) atoms. The molecule has 4 amide bonds. The standard InChI is InChI=1S/C31H33N5O6/c1-30(2,3)42-29(41)34-14-12-31(4,13-15-34)35-17-18(16-32-35)26(38)20-8-9-22-25-19(20)6-5-7-21(25)28(40)36(22)23-10-11-24(37)33-27(23)39/h5-9,16-17,23H,10-15H2,1-4H3,(H,33,37,39). The minimum Gasteiger partial charge on any atom is -0.444 e. The third kappa shape index (κ3) is 4.62. The fraction of sp³-hybridized carbons (Fsp3) is 0.419. The molecule has 11 heteroatoms. The molecule has 3 aromatic rings. The van der Waals surface area contributed by atoms with Crippen LogP contribution in [0.25, 0.3) is 10.8 Å². The number of benzene rings is 2. The van der Waals surface area contributed by atoms with E-state index in [4.69, 9.17) is 4.74 Å². The lowest BCUT2D eigenvalue weighted by molar-refractivity contribution is -0.134. The van der Waals surface area contributed by atoms with Crippen LogP contribution < -0.4 is 10.2 Å². The summed E-state index contributed by atoms with van der Waals surface area (Å²) in [6, 6.07) is 7.80. The van der Waals surface area contributed by atoms with Gasteiger partial charge in [-0.2, -0.15) is 5.10 Å². The molecule has 6 rings (SSSR count). The van der Waals surface area contributed by atoms with Crippen molar-refractivity contribution >= 4 is 46.1 Å². The molecule has 4 heterocycles. The molecule has 0 aliphatic carbocycles. The molecule has 0 spiro atoms. The Balaban J connectivity index is 1.25. The van der Waals surface area contributed by atoms with Crippen molar-refractivity contribution < 1.29 is 28.7 Å². The highest BCUT2D eigenvalue weighted by molar-refractivity contribution is 6.30. The predicted molar refractivity (Wildman–Crippen MR) is 153 cm³/mol. The minimum atomic E-state index is -0.798. The summed E-state index contributed by atoms with van der Waals surface area (Å²) < 4.78 is 7.32. The number of amides is 4. The van der Waals surface area contributed by atoms with Crippen molar-refractivity contribution in [1.29, 1.82) is 0 Å². The lowest BCUT2D eigenvalue weighted by Gasteiger charge is -2.39. The Morgan fingerprint density at radius 2 is 1.81 bits per heavy atom. The summed E-state index contributed by atoms with van der Waals surface area (Å²) in [4.78, 5) is 67.2. The summed E-state index contributed by atoms with van der Waals surface area (Å²) in [7, 11) is 0. The Bertz CT molecular complexity index is 1660. The van der Waals surface area contributed by atoms with E-state index in [0.29, 0.717) is 59.1 Å². The van der Waals surface area contributed by atoms with Crippen molar-refractivity contribution in [3.05, 3.63) is 59.4 Å². The van der Waals surface area contributed by atoms with Crippen molar-refractivity contribution in [3.8, 4) is 0 Å². The molecule has 2 saturated heterocycles. The predicted octanol–water partition coefficient (Wildman–Crippen LogP) is 3.78. The van der Waals surface area contributed by atoms with Crippen molar-refractivity contribution in [3.63, 3.8) is 0 Å². The van der Waals surface area contributed by atoms with E-state index in [9.17, 15) is 24.0 Å². The second kappa shape index (κ2) is 9.78. The molecule has 1 atom stereocenters. The Kier molecular flexibility index (Phi) is 6.43. The molecule has 0 radical (unpaired) electrons. The summed E-state index contributed by atoms with van der Waals surface area (Å²) in [5.74, 6) is -1.41. The van der Waals surface area contributed by atoms with Crippen LogP contribution in [0.1, 0.15) is 79.7 Å². The molecule has 2 fully saturated rings. The molecule has 3 aliphatic heterocycles. The summed E-state index contributed by atoms with van der Waals surface area (Å²) in [5, 5.41) is 8.10. The van der Waals surface area contributed by atoms with Gasteiger partial charge in [0.2, 0.25) is 11.8 Å². The van der Waals surface area contributed by atoms with E-state index in [1.165, 1.54) is 4.90 Å². The monoisotopic (exact) mass is 571 g/mol. The lowest BCUT2D eigenvalue weighted by Crippen LogP contribution is -2.53. The third-order valence-electron chi connectivity index (χ3n) is 8.38. The highest BCUT2D eigenvalue weighted by atomic mass is 16.6. The molecule has 0 bridgehead atoms. The van der Waals surface area contributed by atoms with Crippen LogP contribution in [0.2, 0.25) is 0 Å². The average Bonchev–Trinajstić information content (AvgIpc) is 3.54. The van der Waals surface area contributed by atoms with E-state index in [2.05, 4.69) is 17.3 Å². The van der Waals surface area contributed by atoms with Crippen LogP contribution in [0.5, 0.6) is 0 Å². The van der Waals surface area contributed by atoms with Gasteiger partial charge in [-0.1, -0.05) is 12.1 Å². The van der Waals surface area contributed by atoms with Gasteiger partial charge in [0.25, 0.3) is 5.91 Å². The van der Waals surface area contributed by atoms with Crippen molar-refractivity contribution in [1.82, 2.24) is 20.0 Å². The van der Waals surface area contributed by atoms with Crippen LogP contribution in [-0.4, -0.2) is 69.0 Å². The number of likely N-dealkylation sites (tertiary alicyclic amines) is 1. The van der Waals surface area contributed by atoms with E-state index < -0.39 is 17.6 Å². The Morgan fingerprint density at radius 1 is 1.07 bits per heavy atom. The van der Waals surface area contributed by atoms with E-state index in [1.807, 2.05) is 20.8 Å². The first kappa shape index (κ1) is 27.6. The molecule has 0 saturated carbocycles. The first-order valence-electron chi connectivity index (χ1n) is 14.2. The zero-order valence-electron chi connectivity index (χ0n) is 24.1. The Labute approximate surface area is 242 Å². The zero-order valence-corrected chi connectivity index (χ0v) is 24.1. The smallest absolute Gasteiger partial charge is 0.410 e. The molecule has 2 aromatic carbocycles. The fourth-order valence-corrected chi connectivity index (χ4v) is 6.06. The fourth-order valence-electron chi connectivity index (χ4n) is 6.06. The van der Waals surface area contributed by atoms with Crippen LogP contribution in [0.15, 0.2) is 42.7 Å². The van der Waals surface area contributed by atoms with Gasteiger partial charge in [-0.05, 0) is 70.5 Å². The van der Waals surface area contributed by atoms with E-state index in [0.717, 1.165) is 0 Å². The highest BCUT2D eigenvalue weighted by Crippen LogP contribution is 2.41. The van der Waals surface area contributed by atoms with E-state index in [-0.39, 0.29) is 42.1 Å². The highest BCUT2D eigenvalue weighted by Gasteiger charge is 2.41. The van der Waals surface area contributed by atoms with Crippen molar-refractivity contribution in [2.24, 2.45) is 0 Å². The summed E-state index contributed by atoms with van der Waals surface area (Å²) in [6.07, 6.45) is 4.66. The van der Waals surface area contributed by atoms with Crippen LogP contribution >= 0.6 is 0 Å². The molecular formula is C31H33N5O6. The quantitative estimate of drug-likeness (QED) is 0.373. The van der Waals surface area contributed by atoms with Crippen molar-refractivity contribution in [2.45, 2.75) is 70.6 Å². The summed E-state index contributed by atoms with van der Waals surface area (Å²) in [5.41, 5.74) is 0.872. The second-order valence-electron chi connectivity index (χ2n) is 12.5. The number of carbonyl (C=O) groups excluding carboxylic acids is 5. The molecule has 1 aromatic heterocycles.